The minimum Gasteiger partial charge on any atom is -0.497 e. The first-order valence-corrected chi connectivity index (χ1v) is 12.3. The average molecular weight is 545 g/mol. The second-order valence-corrected chi connectivity index (χ2v) is 8.77. The molecule has 0 aliphatic carbocycles. The fraction of sp³-hybridized carbons (Fsp3) is 0.192. The van der Waals surface area contributed by atoms with Crippen LogP contribution in [0, 0.1) is 0 Å². The van der Waals surface area contributed by atoms with Crippen molar-refractivity contribution >= 4 is 23.4 Å². The highest BCUT2D eigenvalue weighted by Gasteiger charge is 2.32. The number of hydrogen-bond acceptors (Lipinski definition) is 7. The number of hydrogen-bond donors (Lipinski definition) is 1. The molecule has 8 nitrogen and oxygen atoms in total. The van der Waals surface area contributed by atoms with Crippen LogP contribution in [0.4, 0.5) is 18.9 Å². The second kappa shape index (κ2) is 11.9. The largest absolute Gasteiger partial charge is 0.573 e. The zero-order valence-electron chi connectivity index (χ0n) is 20.3. The summed E-state index contributed by atoms with van der Waals surface area (Å²) in [4.78, 5) is 12.6. The van der Waals surface area contributed by atoms with E-state index in [1.807, 2.05) is 37.3 Å². The van der Waals surface area contributed by atoms with Gasteiger partial charge in [-0.3, -0.25) is 9.36 Å². The first kappa shape index (κ1) is 26.9. The van der Waals surface area contributed by atoms with Crippen molar-refractivity contribution in [3.63, 3.8) is 0 Å². The van der Waals surface area contributed by atoms with Gasteiger partial charge in [-0.1, -0.05) is 42.1 Å². The maximum Gasteiger partial charge on any atom is 0.573 e. The third-order valence-corrected chi connectivity index (χ3v) is 6.06. The van der Waals surface area contributed by atoms with E-state index < -0.39 is 24.1 Å². The molecule has 0 spiro atoms. The third-order valence-electron chi connectivity index (χ3n) is 5.13. The Kier molecular flexibility index (Phi) is 8.41. The van der Waals surface area contributed by atoms with Gasteiger partial charge in [0.2, 0.25) is 5.91 Å². The van der Waals surface area contributed by atoms with Crippen molar-refractivity contribution < 1.29 is 32.2 Å². The number of nitrogens with zero attached hydrogens (tertiary/aromatic N) is 3. The molecule has 3 aromatic carbocycles. The molecular formula is C26H23F3N4O4S. The van der Waals surface area contributed by atoms with Crippen LogP contribution >= 0.6 is 11.8 Å². The number of carbonyl (C=O) groups is 1. The van der Waals surface area contributed by atoms with Crippen molar-refractivity contribution in [2.24, 2.45) is 0 Å². The number of methoxy groups -OCH3 is 1. The Morgan fingerprint density at radius 3 is 2.32 bits per heavy atom. The lowest BCUT2D eigenvalue weighted by molar-refractivity contribution is -0.274. The molecule has 0 radical (unpaired) electrons. The van der Waals surface area contributed by atoms with Gasteiger partial charge in [-0.15, -0.1) is 23.4 Å². The Labute approximate surface area is 220 Å². The molecule has 0 aliphatic heterocycles. The first-order valence-electron chi connectivity index (χ1n) is 11.3. The number of amides is 1. The normalized spacial score (nSPS) is 12.0. The zero-order chi connectivity index (χ0) is 27.1. The molecule has 12 heteroatoms. The number of alkyl halides is 3. The highest BCUT2D eigenvalue weighted by Crippen LogP contribution is 2.31. The van der Waals surface area contributed by atoms with Gasteiger partial charge in [0.25, 0.3) is 0 Å². The molecule has 1 unspecified atom stereocenters. The van der Waals surface area contributed by atoms with Crippen LogP contribution in [-0.2, 0) is 4.79 Å². The predicted molar refractivity (Wildman–Crippen MR) is 136 cm³/mol. The minimum absolute atomic E-state index is 0.0952. The number of benzene rings is 3. The quantitative estimate of drug-likeness (QED) is 0.243. The molecule has 4 aromatic rings. The summed E-state index contributed by atoms with van der Waals surface area (Å²) in [5.74, 6) is 0.617. The van der Waals surface area contributed by atoms with Gasteiger partial charge in [0.05, 0.1) is 18.6 Å². The van der Waals surface area contributed by atoms with E-state index in [1.165, 1.54) is 18.2 Å². The summed E-state index contributed by atoms with van der Waals surface area (Å²) < 4.78 is 55.1. The summed E-state index contributed by atoms with van der Waals surface area (Å²) in [6.07, 6.45) is -5.39. The van der Waals surface area contributed by atoms with E-state index in [9.17, 15) is 18.0 Å². The number of nitrogens with one attached hydrogen (secondary N) is 1. The summed E-state index contributed by atoms with van der Waals surface area (Å²) in [7, 11) is 1.58. The van der Waals surface area contributed by atoms with Gasteiger partial charge in [0.15, 0.2) is 22.8 Å². The van der Waals surface area contributed by atoms with Gasteiger partial charge in [-0.05, 0) is 55.5 Å². The lowest BCUT2D eigenvalue weighted by atomic mass is 10.3. The molecule has 0 aliphatic rings. The molecule has 1 heterocycles. The van der Waals surface area contributed by atoms with Gasteiger partial charge in [-0.2, -0.15) is 0 Å². The van der Waals surface area contributed by atoms with Crippen LogP contribution in [0.25, 0.3) is 5.69 Å². The molecule has 0 bridgehead atoms. The van der Waals surface area contributed by atoms with Crippen LogP contribution in [0.3, 0.4) is 0 Å². The van der Waals surface area contributed by atoms with Crippen LogP contribution in [0.1, 0.15) is 18.9 Å². The summed E-state index contributed by atoms with van der Waals surface area (Å²) in [6.45, 7) is 1.83. The van der Waals surface area contributed by atoms with Gasteiger partial charge in [-0.25, -0.2) is 0 Å². The van der Waals surface area contributed by atoms with E-state index in [2.05, 4.69) is 20.3 Å². The van der Waals surface area contributed by atoms with E-state index in [0.717, 1.165) is 23.5 Å². The number of carbonyl (C=O) groups excluding carboxylic acids is 1. The fourth-order valence-electron chi connectivity index (χ4n) is 3.47. The molecule has 1 atom stereocenters. The van der Waals surface area contributed by atoms with Crippen LogP contribution in [0.15, 0.2) is 84.0 Å². The number of aromatic nitrogens is 3. The number of ether oxygens (including phenoxy) is 3. The van der Waals surface area contributed by atoms with Gasteiger partial charge < -0.3 is 19.5 Å². The molecule has 4 rings (SSSR count). The van der Waals surface area contributed by atoms with Crippen molar-refractivity contribution in [2.75, 3.05) is 18.2 Å². The summed E-state index contributed by atoms with van der Waals surface area (Å²) >= 11 is 1.08. The van der Waals surface area contributed by atoms with Crippen LogP contribution in [-0.4, -0.2) is 39.9 Å². The molecule has 38 heavy (non-hydrogen) atoms. The molecule has 198 valence electrons. The molecule has 1 N–H and O–H groups in total. The fourth-order valence-corrected chi connectivity index (χ4v) is 4.23. The van der Waals surface area contributed by atoms with Crippen molar-refractivity contribution in [3.8, 4) is 22.9 Å². The summed E-state index contributed by atoms with van der Waals surface area (Å²) in [5.41, 5.74) is 0.659. The maximum atomic E-state index is 12.7. The Balaban J connectivity index is 1.51. The Morgan fingerprint density at radius 1 is 0.974 bits per heavy atom. The lowest BCUT2D eigenvalue weighted by Crippen LogP contribution is -2.20. The van der Waals surface area contributed by atoms with E-state index >= 15 is 0 Å². The number of halogens is 3. The number of anilines is 1. The second-order valence-electron chi connectivity index (χ2n) is 7.83. The van der Waals surface area contributed by atoms with Gasteiger partial charge in [0.1, 0.15) is 11.5 Å². The number of rotatable bonds is 10. The van der Waals surface area contributed by atoms with E-state index in [1.54, 1.807) is 35.9 Å². The van der Waals surface area contributed by atoms with Crippen LogP contribution in [0.5, 0.6) is 17.2 Å². The van der Waals surface area contributed by atoms with Crippen LogP contribution < -0.4 is 19.5 Å². The summed E-state index contributed by atoms with van der Waals surface area (Å²) in [5, 5.41) is 11.4. The van der Waals surface area contributed by atoms with Gasteiger partial charge >= 0.3 is 6.36 Å². The molecule has 0 saturated heterocycles. The Morgan fingerprint density at radius 2 is 1.63 bits per heavy atom. The van der Waals surface area contributed by atoms with Crippen molar-refractivity contribution in [1.29, 1.82) is 0 Å². The molecule has 0 fully saturated rings. The molecule has 1 amide bonds. The predicted octanol–water partition coefficient (Wildman–Crippen LogP) is 6.05. The van der Waals surface area contributed by atoms with E-state index in [-0.39, 0.29) is 11.4 Å². The lowest BCUT2D eigenvalue weighted by Gasteiger charge is -2.17. The maximum absolute atomic E-state index is 12.7. The van der Waals surface area contributed by atoms with Crippen molar-refractivity contribution in [3.05, 3.63) is 84.7 Å². The minimum atomic E-state index is -4.89. The molecule has 0 saturated carbocycles. The van der Waals surface area contributed by atoms with Crippen LogP contribution in [0.2, 0.25) is 0 Å². The zero-order valence-corrected chi connectivity index (χ0v) is 21.1. The number of thioether (sulfide) groups is 1. The highest BCUT2D eigenvalue weighted by molar-refractivity contribution is 7.99. The summed E-state index contributed by atoms with van der Waals surface area (Å²) in [6, 6.07) is 21.7. The molecule has 1 aromatic heterocycles. The smallest absolute Gasteiger partial charge is 0.497 e. The van der Waals surface area contributed by atoms with Gasteiger partial charge in [0, 0.05) is 5.69 Å². The number of para-hydroxylation sites is 3. The Hall–Kier alpha value is -4.19. The third kappa shape index (κ3) is 6.97. The standard InChI is InChI=1S/C26H23F3N4O4S/c1-17(36-20-14-12-19(35-2)13-15-20)24-31-32-25(33(24)18-8-4-3-5-9-18)38-16-23(34)30-21-10-6-7-11-22(21)37-26(27,28)29/h3-15,17H,16H2,1-2H3,(H,30,34). The topological polar surface area (TPSA) is 87.5 Å². The van der Waals surface area contributed by atoms with E-state index in [4.69, 9.17) is 9.47 Å². The average Bonchev–Trinajstić information content (AvgIpc) is 3.33. The first-order chi connectivity index (χ1) is 18.2. The van der Waals surface area contributed by atoms with Crippen molar-refractivity contribution in [1.82, 2.24) is 14.8 Å². The Bertz CT molecular complexity index is 1370. The van der Waals surface area contributed by atoms with E-state index in [0.29, 0.717) is 22.5 Å². The monoisotopic (exact) mass is 544 g/mol. The highest BCUT2D eigenvalue weighted by atomic mass is 32.2. The van der Waals surface area contributed by atoms with Crippen molar-refractivity contribution in [2.45, 2.75) is 24.5 Å². The molecular weight excluding hydrogens is 521 g/mol. The SMILES string of the molecule is COc1ccc(OC(C)c2nnc(SCC(=O)Nc3ccccc3OC(F)(F)F)n2-c2ccccc2)cc1.